The lowest BCUT2D eigenvalue weighted by Crippen LogP contribution is -2.10. The van der Waals surface area contributed by atoms with E-state index in [-0.39, 0.29) is 11.0 Å². The standard InChI is InChI=1S/C17H12F2N2O2/c18-12-8-14-15(9-13(12)19)21(10-17(22)23)16(20-14)7-6-11-4-2-1-3-5-11/h1-9H,10H2,(H,22,23)/b7-6+. The SMILES string of the molecule is O=C(O)Cn1c(/C=C/c2ccccc2)nc2cc(F)c(F)cc21. The first kappa shape index (κ1) is 14.9. The van der Waals surface area contributed by atoms with Gasteiger partial charge in [0.05, 0.1) is 11.0 Å². The third-order valence-corrected chi connectivity index (χ3v) is 3.34. The molecule has 0 aliphatic heterocycles. The molecule has 0 amide bonds. The molecule has 0 bridgehead atoms. The maximum absolute atomic E-state index is 13.4. The second-order valence-electron chi connectivity index (χ2n) is 4.95. The van der Waals surface area contributed by atoms with Gasteiger partial charge in [0.15, 0.2) is 11.6 Å². The summed E-state index contributed by atoms with van der Waals surface area (Å²) in [6, 6.07) is 11.3. The van der Waals surface area contributed by atoms with E-state index in [9.17, 15) is 13.6 Å². The number of hydrogen-bond acceptors (Lipinski definition) is 2. The molecule has 1 aromatic heterocycles. The van der Waals surface area contributed by atoms with Crippen LogP contribution in [0, 0.1) is 11.6 Å². The fourth-order valence-electron chi connectivity index (χ4n) is 2.30. The van der Waals surface area contributed by atoms with Crippen LogP contribution in [0.5, 0.6) is 0 Å². The van der Waals surface area contributed by atoms with Crippen molar-refractivity contribution in [3.8, 4) is 0 Å². The Labute approximate surface area is 130 Å². The first-order valence-corrected chi connectivity index (χ1v) is 6.85. The Hall–Kier alpha value is -3.02. The number of benzene rings is 2. The molecule has 1 heterocycles. The predicted octanol–water partition coefficient (Wildman–Crippen LogP) is 3.57. The molecule has 0 aliphatic carbocycles. The minimum absolute atomic E-state index is 0.206. The number of hydrogen-bond donors (Lipinski definition) is 1. The number of rotatable bonds is 4. The van der Waals surface area contributed by atoms with Crippen molar-refractivity contribution in [2.45, 2.75) is 6.54 Å². The number of aliphatic carboxylic acids is 1. The van der Waals surface area contributed by atoms with Gasteiger partial charge >= 0.3 is 5.97 Å². The number of carboxylic acid groups (broad SMARTS) is 1. The van der Waals surface area contributed by atoms with Gasteiger partial charge in [0.2, 0.25) is 0 Å². The number of imidazole rings is 1. The molecule has 1 N–H and O–H groups in total. The fraction of sp³-hybridized carbons (Fsp3) is 0.0588. The van der Waals surface area contributed by atoms with Crippen molar-refractivity contribution >= 4 is 29.2 Å². The van der Waals surface area contributed by atoms with E-state index in [1.54, 1.807) is 12.2 Å². The van der Waals surface area contributed by atoms with Crippen molar-refractivity contribution in [3.05, 3.63) is 65.5 Å². The molecule has 0 saturated heterocycles. The lowest BCUT2D eigenvalue weighted by Gasteiger charge is -2.03. The van der Waals surface area contributed by atoms with Gasteiger partial charge < -0.3 is 9.67 Å². The number of halogens is 2. The summed E-state index contributed by atoms with van der Waals surface area (Å²) in [7, 11) is 0. The van der Waals surface area contributed by atoms with Crippen molar-refractivity contribution in [2.75, 3.05) is 0 Å². The Balaban J connectivity index is 2.11. The van der Waals surface area contributed by atoms with Crippen molar-refractivity contribution in [3.63, 3.8) is 0 Å². The van der Waals surface area contributed by atoms with E-state index in [1.165, 1.54) is 4.57 Å². The van der Waals surface area contributed by atoms with E-state index in [2.05, 4.69) is 4.98 Å². The summed E-state index contributed by atoms with van der Waals surface area (Å²) in [6.07, 6.45) is 3.38. The van der Waals surface area contributed by atoms with Gasteiger partial charge in [-0.15, -0.1) is 0 Å². The molecular weight excluding hydrogens is 302 g/mol. The van der Waals surface area contributed by atoms with Gasteiger partial charge in [0.25, 0.3) is 0 Å². The van der Waals surface area contributed by atoms with Crippen molar-refractivity contribution in [1.29, 1.82) is 0 Å². The van der Waals surface area contributed by atoms with Crippen LogP contribution in [0.1, 0.15) is 11.4 Å². The van der Waals surface area contributed by atoms with Crippen LogP contribution < -0.4 is 0 Å². The summed E-state index contributed by atoms with van der Waals surface area (Å²) in [5.41, 5.74) is 1.34. The average Bonchev–Trinajstić information content (AvgIpc) is 2.83. The van der Waals surface area contributed by atoms with E-state index in [4.69, 9.17) is 5.11 Å². The van der Waals surface area contributed by atoms with Crippen LogP contribution in [-0.4, -0.2) is 20.6 Å². The molecule has 2 aromatic carbocycles. The van der Waals surface area contributed by atoms with Gasteiger partial charge in [-0.05, 0) is 11.6 Å². The van der Waals surface area contributed by atoms with Gasteiger partial charge in [-0.1, -0.05) is 36.4 Å². The third-order valence-electron chi connectivity index (χ3n) is 3.34. The number of nitrogens with zero attached hydrogens (tertiary/aromatic N) is 2. The molecule has 6 heteroatoms. The van der Waals surface area contributed by atoms with Crippen LogP contribution in [0.2, 0.25) is 0 Å². The van der Waals surface area contributed by atoms with Crippen molar-refractivity contribution in [1.82, 2.24) is 9.55 Å². The molecule has 3 rings (SSSR count). The summed E-state index contributed by atoms with van der Waals surface area (Å²) in [5, 5.41) is 9.04. The quantitative estimate of drug-likeness (QED) is 0.801. The molecule has 0 radical (unpaired) electrons. The highest BCUT2D eigenvalue weighted by atomic mass is 19.2. The van der Waals surface area contributed by atoms with Crippen LogP contribution in [-0.2, 0) is 11.3 Å². The number of carboxylic acids is 1. The highest BCUT2D eigenvalue weighted by molar-refractivity contribution is 5.82. The average molecular weight is 314 g/mol. The number of carbonyl (C=O) groups is 1. The second-order valence-corrected chi connectivity index (χ2v) is 4.95. The Bertz CT molecular complexity index is 902. The highest BCUT2D eigenvalue weighted by Crippen LogP contribution is 2.21. The molecule has 3 aromatic rings. The maximum Gasteiger partial charge on any atom is 0.323 e. The van der Waals surface area contributed by atoms with Crippen LogP contribution in [0.4, 0.5) is 8.78 Å². The van der Waals surface area contributed by atoms with Gasteiger partial charge in [-0.3, -0.25) is 4.79 Å². The van der Waals surface area contributed by atoms with Crippen LogP contribution in [0.25, 0.3) is 23.2 Å². The zero-order valence-corrected chi connectivity index (χ0v) is 11.9. The molecule has 0 saturated carbocycles. The Morgan fingerprint density at radius 1 is 1.13 bits per heavy atom. The Kier molecular flexibility index (Phi) is 3.89. The Morgan fingerprint density at radius 2 is 1.83 bits per heavy atom. The van der Waals surface area contributed by atoms with Crippen molar-refractivity contribution < 1.29 is 18.7 Å². The fourth-order valence-corrected chi connectivity index (χ4v) is 2.30. The van der Waals surface area contributed by atoms with E-state index >= 15 is 0 Å². The largest absolute Gasteiger partial charge is 0.480 e. The molecule has 0 fully saturated rings. The molecule has 116 valence electrons. The van der Waals surface area contributed by atoms with E-state index in [0.29, 0.717) is 5.82 Å². The predicted molar refractivity (Wildman–Crippen MR) is 82.7 cm³/mol. The summed E-state index contributed by atoms with van der Waals surface area (Å²) >= 11 is 0. The second kappa shape index (κ2) is 6.00. The minimum atomic E-state index is -1.09. The zero-order valence-electron chi connectivity index (χ0n) is 11.9. The first-order chi connectivity index (χ1) is 11.0. The van der Waals surface area contributed by atoms with Gasteiger partial charge in [-0.2, -0.15) is 0 Å². The number of fused-ring (bicyclic) bond motifs is 1. The maximum atomic E-state index is 13.4. The van der Waals surface area contributed by atoms with Crippen LogP contribution in [0.3, 0.4) is 0 Å². The molecule has 4 nitrogen and oxygen atoms in total. The summed E-state index contributed by atoms with van der Waals surface area (Å²) in [6.45, 7) is -0.393. The number of aromatic nitrogens is 2. The molecule has 0 atom stereocenters. The molecular formula is C17H12F2N2O2. The third kappa shape index (κ3) is 3.11. The lowest BCUT2D eigenvalue weighted by atomic mass is 10.2. The summed E-state index contributed by atoms with van der Waals surface area (Å²) in [4.78, 5) is 15.2. The molecule has 0 spiro atoms. The zero-order chi connectivity index (χ0) is 16.4. The van der Waals surface area contributed by atoms with E-state index in [0.717, 1.165) is 17.7 Å². The first-order valence-electron chi connectivity index (χ1n) is 6.85. The van der Waals surface area contributed by atoms with Crippen LogP contribution >= 0.6 is 0 Å². The van der Waals surface area contributed by atoms with Gasteiger partial charge in [-0.25, -0.2) is 13.8 Å². The smallest absolute Gasteiger partial charge is 0.323 e. The summed E-state index contributed by atoms with van der Waals surface area (Å²) < 4.78 is 28.1. The normalized spacial score (nSPS) is 11.4. The lowest BCUT2D eigenvalue weighted by molar-refractivity contribution is -0.137. The van der Waals surface area contributed by atoms with Crippen molar-refractivity contribution in [2.24, 2.45) is 0 Å². The van der Waals surface area contributed by atoms with Gasteiger partial charge in [0, 0.05) is 12.1 Å². The van der Waals surface area contributed by atoms with Crippen LogP contribution in [0.15, 0.2) is 42.5 Å². The molecule has 23 heavy (non-hydrogen) atoms. The van der Waals surface area contributed by atoms with E-state index < -0.39 is 24.1 Å². The molecule has 0 unspecified atom stereocenters. The monoisotopic (exact) mass is 314 g/mol. The van der Waals surface area contributed by atoms with E-state index in [1.807, 2.05) is 30.3 Å². The molecule has 0 aliphatic rings. The summed E-state index contributed by atoms with van der Waals surface area (Å²) in [5.74, 6) is -2.83. The minimum Gasteiger partial charge on any atom is -0.480 e. The highest BCUT2D eigenvalue weighted by Gasteiger charge is 2.14. The topological polar surface area (TPSA) is 55.1 Å². The Morgan fingerprint density at radius 3 is 2.52 bits per heavy atom. The van der Waals surface area contributed by atoms with Gasteiger partial charge in [0.1, 0.15) is 12.4 Å².